The lowest BCUT2D eigenvalue weighted by Crippen LogP contribution is -2.37. The minimum Gasteiger partial charge on any atom is -0.352 e. The van der Waals surface area contributed by atoms with Gasteiger partial charge < -0.3 is 9.84 Å². The van der Waals surface area contributed by atoms with Crippen molar-refractivity contribution in [2.45, 2.75) is 32.4 Å². The molecule has 0 aliphatic carbocycles. The smallest absolute Gasteiger partial charge is 0.350 e. The lowest BCUT2D eigenvalue weighted by atomic mass is 10.1. The fourth-order valence-corrected chi connectivity index (χ4v) is 3.94. The van der Waals surface area contributed by atoms with Crippen LogP contribution in [0.2, 0.25) is 0 Å². The number of nitrogens with zero attached hydrogens (tertiary/aromatic N) is 5. The van der Waals surface area contributed by atoms with Gasteiger partial charge in [-0.1, -0.05) is 47.6 Å². The van der Waals surface area contributed by atoms with E-state index in [4.69, 9.17) is 4.52 Å². The summed E-state index contributed by atoms with van der Waals surface area (Å²) < 4.78 is 21.4. The summed E-state index contributed by atoms with van der Waals surface area (Å²) in [5.41, 5.74) is 1.87. The highest BCUT2D eigenvalue weighted by atomic mass is 19.1. The highest BCUT2D eigenvalue weighted by Gasteiger charge is 2.19. The Hall–Kier alpha value is -4.60. The molecular weight excluding hydrogens is 463 g/mol. The van der Waals surface area contributed by atoms with Crippen LogP contribution < -0.4 is 11.0 Å². The average molecular weight is 487 g/mol. The van der Waals surface area contributed by atoms with Crippen LogP contribution in [0.3, 0.4) is 0 Å². The number of fused-ring (bicyclic) bond motifs is 1. The van der Waals surface area contributed by atoms with E-state index in [1.807, 2.05) is 37.3 Å². The van der Waals surface area contributed by atoms with Crippen molar-refractivity contribution < 1.29 is 13.7 Å². The normalized spacial score (nSPS) is 12.1. The van der Waals surface area contributed by atoms with Gasteiger partial charge in [-0.15, -0.1) is 5.10 Å². The van der Waals surface area contributed by atoms with Gasteiger partial charge in [0.25, 0.3) is 5.89 Å². The fraction of sp³-hybridized carbons (Fsp3) is 0.192. The molecule has 0 aliphatic rings. The Balaban J connectivity index is 1.32. The number of amides is 1. The van der Waals surface area contributed by atoms with Crippen LogP contribution in [0.15, 0.2) is 82.2 Å². The molecule has 36 heavy (non-hydrogen) atoms. The van der Waals surface area contributed by atoms with E-state index in [9.17, 15) is 14.0 Å². The number of pyridine rings is 1. The van der Waals surface area contributed by atoms with Crippen molar-refractivity contribution in [3.63, 3.8) is 0 Å². The molecule has 1 atom stereocenters. The average Bonchev–Trinajstić information content (AvgIpc) is 3.49. The molecule has 0 aliphatic heterocycles. The molecule has 0 radical (unpaired) electrons. The first-order valence-electron chi connectivity index (χ1n) is 11.5. The van der Waals surface area contributed by atoms with Crippen LogP contribution in [0.4, 0.5) is 4.39 Å². The van der Waals surface area contributed by atoms with Gasteiger partial charge in [-0.25, -0.2) is 18.3 Å². The predicted octanol–water partition coefficient (Wildman–Crippen LogP) is 3.49. The van der Waals surface area contributed by atoms with Crippen LogP contribution in [-0.2, 0) is 17.8 Å². The van der Waals surface area contributed by atoms with Gasteiger partial charge in [0, 0.05) is 17.8 Å². The number of carbonyl (C=O) groups is 1. The zero-order valence-electron chi connectivity index (χ0n) is 19.5. The maximum Gasteiger partial charge on any atom is 0.350 e. The van der Waals surface area contributed by atoms with E-state index in [0.717, 1.165) is 17.5 Å². The maximum absolute atomic E-state index is 13.6. The van der Waals surface area contributed by atoms with Gasteiger partial charge in [0.2, 0.25) is 11.7 Å². The van der Waals surface area contributed by atoms with Crippen LogP contribution in [0.5, 0.6) is 0 Å². The van der Waals surface area contributed by atoms with Gasteiger partial charge in [-0.05, 0) is 49.6 Å². The SMILES string of the molecule is CC(CCc1ccccc1)NC(=O)Cn1nc2c(-c3nc(-c4cccc(F)c4)no3)cccn2c1=O. The molecule has 0 spiro atoms. The van der Waals surface area contributed by atoms with E-state index in [1.165, 1.54) is 22.1 Å². The Morgan fingerprint density at radius 3 is 2.75 bits per heavy atom. The van der Waals surface area contributed by atoms with Crippen LogP contribution in [-0.4, -0.2) is 36.3 Å². The first-order valence-corrected chi connectivity index (χ1v) is 11.5. The number of aromatic nitrogens is 5. The second-order valence-electron chi connectivity index (χ2n) is 8.48. The van der Waals surface area contributed by atoms with Crippen LogP contribution in [0, 0.1) is 5.82 Å². The molecule has 182 valence electrons. The minimum absolute atomic E-state index is 0.0689. The van der Waals surface area contributed by atoms with E-state index < -0.39 is 11.5 Å². The second kappa shape index (κ2) is 9.95. The van der Waals surface area contributed by atoms with Gasteiger partial charge in [0.05, 0.1) is 5.56 Å². The third-order valence-corrected chi connectivity index (χ3v) is 5.76. The molecule has 2 aromatic carbocycles. The van der Waals surface area contributed by atoms with Gasteiger partial charge in [0.1, 0.15) is 12.4 Å². The molecule has 5 rings (SSSR count). The van der Waals surface area contributed by atoms with Crippen molar-refractivity contribution in [3.8, 4) is 22.8 Å². The van der Waals surface area contributed by atoms with E-state index in [-0.39, 0.29) is 35.9 Å². The lowest BCUT2D eigenvalue weighted by Gasteiger charge is -2.13. The third kappa shape index (κ3) is 4.92. The van der Waals surface area contributed by atoms with Gasteiger partial charge in [0.15, 0.2) is 5.65 Å². The van der Waals surface area contributed by atoms with Crippen molar-refractivity contribution in [2.24, 2.45) is 0 Å². The van der Waals surface area contributed by atoms with Crippen molar-refractivity contribution in [3.05, 3.63) is 94.8 Å². The van der Waals surface area contributed by atoms with E-state index in [2.05, 4.69) is 20.6 Å². The molecule has 0 saturated heterocycles. The Morgan fingerprint density at radius 1 is 1.11 bits per heavy atom. The maximum atomic E-state index is 13.6. The van der Waals surface area contributed by atoms with Crippen molar-refractivity contribution in [1.29, 1.82) is 0 Å². The molecule has 3 heterocycles. The molecular formula is C26H23FN6O3. The van der Waals surface area contributed by atoms with Crippen LogP contribution in [0.25, 0.3) is 28.5 Å². The summed E-state index contributed by atoms with van der Waals surface area (Å²) in [5.74, 6) is -0.402. The number of carbonyl (C=O) groups excluding carboxylic acids is 1. The topological polar surface area (TPSA) is 107 Å². The number of hydrogen-bond acceptors (Lipinski definition) is 6. The number of hydrogen-bond donors (Lipinski definition) is 1. The summed E-state index contributed by atoms with van der Waals surface area (Å²) in [6.45, 7) is 1.70. The fourth-order valence-electron chi connectivity index (χ4n) is 3.94. The van der Waals surface area contributed by atoms with Crippen molar-refractivity contribution in [1.82, 2.24) is 29.6 Å². The molecule has 0 fully saturated rings. The van der Waals surface area contributed by atoms with E-state index in [0.29, 0.717) is 11.1 Å². The Bertz CT molecular complexity index is 1570. The summed E-state index contributed by atoms with van der Waals surface area (Å²) >= 11 is 0. The molecule has 1 amide bonds. The summed E-state index contributed by atoms with van der Waals surface area (Å²) in [4.78, 5) is 29.8. The number of halogens is 1. The minimum atomic E-state index is -0.469. The van der Waals surface area contributed by atoms with Crippen molar-refractivity contribution in [2.75, 3.05) is 0 Å². The van der Waals surface area contributed by atoms with Gasteiger partial charge in [-0.3, -0.25) is 4.79 Å². The van der Waals surface area contributed by atoms with Crippen LogP contribution in [0.1, 0.15) is 18.9 Å². The van der Waals surface area contributed by atoms with Gasteiger partial charge in [-0.2, -0.15) is 4.98 Å². The number of nitrogens with one attached hydrogen (secondary N) is 1. The van der Waals surface area contributed by atoms with E-state index in [1.54, 1.807) is 30.5 Å². The quantitative estimate of drug-likeness (QED) is 0.360. The summed E-state index contributed by atoms with van der Waals surface area (Å²) in [6, 6.07) is 19.1. The summed E-state index contributed by atoms with van der Waals surface area (Å²) in [7, 11) is 0. The number of rotatable bonds is 8. The highest BCUT2D eigenvalue weighted by Crippen LogP contribution is 2.24. The first-order chi connectivity index (χ1) is 17.5. The number of aryl methyl sites for hydroxylation is 1. The molecule has 3 aromatic heterocycles. The zero-order valence-corrected chi connectivity index (χ0v) is 19.5. The standard InChI is InChI=1S/C26H23FN6O3/c1-17(12-13-18-7-3-2-4-8-18)28-22(34)16-33-26(35)32-14-6-11-21(24(32)30-33)25-29-23(31-36-25)19-9-5-10-20(27)15-19/h2-11,14-15,17H,12-13,16H2,1H3,(H,28,34). The van der Waals surface area contributed by atoms with Gasteiger partial charge >= 0.3 is 5.69 Å². The summed E-state index contributed by atoms with van der Waals surface area (Å²) in [5, 5.41) is 11.2. The molecule has 1 N–H and O–H groups in total. The zero-order chi connectivity index (χ0) is 25.1. The molecule has 9 nitrogen and oxygen atoms in total. The molecule has 1 unspecified atom stereocenters. The third-order valence-electron chi connectivity index (χ3n) is 5.76. The molecule has 5 aromatic rings. The van der Waals surface area contributed by atoms with E-state index >= 15 is 0 Å². The summed E-state index contributed by atoms with van der Waals surface area (Å²) in [6.07, 6.45) is 3.15. The Labute approximate surface area is 205 Å². The first kappa shape index (κ1) is 23.2. The molecule has 0 bridgehead atoms. The second-order valence-corrected chi connectivity index (χ2v) is 8.48. The van der Waals surface area contributed by atoms with Crippen molar-refractivity contribution >= 4 is 11.6 Å². The highest BCUT2D eigenvalue weighted by molar-refractivity contribution is 5.76. The number of benzene rings is 2. The lowest BCUT2D eigenvalue weighted by molar-refractivity contribution is -0.122. The molecule has 0 saturated carbocycles. The molecule has 10 heteroatoms. The Morgan fingerprint density at radius 2 is 1.94 bits per heavy atom. The predicted molar refractivity (Wildman–Crippen MR) is 131 cm³/mol. The monoisotopic (exact) mass is 486 g/mol. The van der Waals surface area contributed by atoms with Crippen LogP contribution >= 0.6 is 0 Å². The largest absolute Gasteiger partial charge is 0.352 e. The Kier molecular flexibility index (Phi) is 6.40.